The molecule has 4 aromatic rings. The van der Waals surface area contributed by atoms with Crippen LogP contribution in [-0.4, -0.2) is 84.1 Å². The quantitative estimate of drug-likeness (QED) is 0.0288. The number of phenolic OH excluding ortho intramolecular Hbond substituents is 4. The summed E-state index contributed by atoms with van der Waals surface area (Å²) >= 11 is 12.7. The second kappa shape index (κ2) is 22.7. The molecule has 0 heterocycles. The Morgan fingerprint density at radius 3 is 1.40 bits per heavy atom. The zero-order valence-corrected chi connectivity index (χ0v) is 37.7. The number of hydrogen-bond acceptors (Lipinski definition) is 11. The van der Waals surface area contributed by atoms with Crippen molar-refractivity contribution in [1.29, 1.82) is 0 Å². The number of phenols is 4. The molecule has 0 unspecified atom stereocenters. The van der Waals surface area contributed by atoms with Gasteiger partial charge < -0.3 is 35.0 Å². The lowest BCUT2D eigenvalue weighted by Crippen LogP contribution is -2.36. The van der Waals surface area contributed by atoms with E-state index in [2.05, 4.69) is 84.8 Å². The van der Waals surface area contributed by atoms with Gasteiger partial charge in [0, 0.05) is 48.8 Å². The molecule has 57 heavy (non-hydrogen) atoms. The highest BCUT2D eigenvalue weighted by atomic mass is 79.9. The minimum absolute atomic E-state index is 0.0672. The summed E-state index contributed by atoms with van der Waals surface area (Å²) in [5.74, 6) is -1.36. The molecule has 0 radical (unpaired) electrons. The zero-order valence-electron chi connectivity index (χ0n) is 31.3. The smallest absolute Gasteiger partial charge is 0.259 e. The SMILES string of the molecule is Cc1ccccc1N(CCCCOCCCCN(CC(=O)N/N=C/c1cc(Br)c(O)c(Br)c1O)c1ccccc1C)CC(=O)N/N=C/c1cc(Br)c(O)c(Br)c1O. The molecule has 0 saturated carbocycles. The van der Waals surface area contributed by atoms with Crippen LogP contribution in [0.25, 0.3) is 0 Å². The second-order valence-corrected chi connectivity index (χ2v) is 16.2. The van der Waals surface area contributed by atoms with Gasteiger partial charge in [-0.2, -0.15) is 10.2 Å². The Labute approximate surface area is 365 Å². The summed E-state index contributed by atoms with van der Waals surface area (Å²) in [5, 5.41) is 48.5. The van der Waals surface area contributed by atoms with Crippen molar-refractivity contribution in [1.82, 2.24) is 10.9 Å². The number of hydrazone groups is 2. The Bertz CT molecular complexity index is 1940. The lowest BCUT2D eigenvalue weighted by atomic mass is 10.1. The third kappa shape index (κ3) is 13.5. The van der Waals surface area contributed by atoms with E-state index >= 15 is 0 Å². The standard InChI is InChI=1S/C40H44Br4N6O7/c1-25-11-3-5-13-31(25)49(23-33(51)47-45-21-27-19-29(41)39(55)35(43)37(27)53)15-7-9-17-57-18-10-8-16-50(32-14-6-4-12-26(32)2)24-34(52)48-46-22-28-20-30(42)40(56)36(44)38(28)54/h3-6,11-14,19-22,53-56H,7-10,15-18,23-24H2,1-2H3,(H,47,51)(H,48,52)/b45-21+,46-22+. The fourth-order valence-electron chi connectivity index (χ4n) is 5.72. The Balaban J connectivity index is 1.22. The first-order chi connectivity index (χ1) is 27.3. The fourth-order valence-corrected chi connectivity index (χ4v) is 8.02. The van der Waals surface area contributed by atoms with Crippen molar-refractivity contribution in [2.24, 2.45) is 10.2 Å². The maximum atomic E-state index is 12.9. The number of anilines is 2. The van der Waals surface area contributed by atoms with Gasteiger partial charge >= 0.3 is 0 Å². The number of carbonyl (C=O) groups excluding carboxylic acids is 2. The van der Waals surface area contributed by atoms with Crippen LogP contribution in [0, 0.1) is 13.8 Å². The molecule has 0 aliphatic carbocycles. The molecule has 6 N–H and O–H groups in total. The number of rotatable bonds is 20. The minimum Gasteiger partial charge on any atom is -0.506 e. The van der Waals surface area contributed by atoms with Crippen molar-refractivity contribution in [2.75, 3.05) is 49.2 Å². The van der Waals surface area contributed by atoms with Crippen LogP contribution >= 0.6 is 63.7 Å². The molecule has 17 heteroatoms. The third-order valence-corrected chi connectivity index (χ3v) is 11.4. The maximum Gasteiger partial charge on any atom is 0.259 e. The number of ether oxygens (including phenoxy) is 1. The first kappa shape index (κ1) is 45.5. The molecule has 4 aromatic carbocycles. The number of amides is 2. The van der Waals surface area contributed by atoms with Gasteiger partial charge in [-0.25, -0.2) is 10.9 Å². The van der Waals surface area contributed by atoms with Crippen LogP contribution in [0.5, 0.6) is 23.0 Å². The molecule has 0 spiro atoms. The first-order valence-corrected chi connectivity index (χ1v) is 21.1. The monoisotopic (exact) mass is 1040 g/mol. The molecule has 0 atom stereocenters. The van der Waals surface area contributed by atoms with Crippen LogP contribution in [-0.2, 0) is 14.3 Å². The van der Waals surface area contributed by atoms with Crippen LogP contribution in [0.15, 0.2) is 88.8 Å². The van der Waals surface area contributed by atoms with E-state index in [0.29, 0.717) is 46.4 Å². The number of nitrogens with zero attached hydrogens (tertiary/aromatic N) is 4. The van der Waals surface area contributed by atoms with Crippen LogP contribution in [0.3, 0.4) is 0 Å². The summed E-state index contributed by atoms with van der Waals surface area (Å²) in [6.45, 7) is 6.48. The largest absolute Gasteiger partial charge is 0.506 e. The highest BCUT2D eigenvalue weighted by Gasteiger charge is 2.17. The number of benzene rings is 4. The van der Waals surface area contributed by atoms with E-state index in [0.717, 1.165) is 48.2 Å². The molecule has 0 fully saturated rings. The van der Waals surface area contributed by atoms with Gasteiger partial charge in [-0.3, -0.25) is 9.59 Å². The molecule has 0 aliphatic heterocycles. The van der Waals surface area contributed by atoms with E-state index in [9.17, 15) is 30.0 Å². The van der Waals surface area contributed by atoms with Gasteiger partial charge in [0.15, 0.2) is 0 Å². The molecule has 0 bridgehead atoms. The molecular formula is C40H44Br4N6O7. The van der Waals surface area contributed by atoms with Crippen molar-refractivity contribution < 1.29 is 34.8 Å². The number of hydrogen-bond donors (Lipinski definition) is 6. The zero-order chi connectivity index (χ0) is 41.5. The Hall–Kier alpha value is -4.16. The summed E-state index contributed by atoms with van der Waals surface area (Å²) in [4.78, 5) is 29.9. The third-order valence-electron chi connectivity index (χ3n) is 8.70. The van der Waals surface area contributed by atoms with Crippen LogP contribution < -0.4 is 20.7 Å². The van der Waals surface area contributed by atoms with Gasteiger partial charge in [-0.15, -0.1) is 0 Å². The van der Waals surface area contributed by atoms with E-state index in [1.807, 2.05) is 72.2 Å². The average Bonchev–Trinajstić information content (AvgIpc) is 3.19. The topological polar surface area (TPSA) is 180 Å². The lowest BCUT2D eigenvalue weighted by molar-refractivity contribution is -0.120. The fraction of sp³-hybridized carbons (Fsp3) is 0.300. The number of para-hydroxylation sites is 2. The van der Waals surface area contributed by atoms with E-state index in [1.165, 1.54) is 24.6 Å². The normalized spacial score (nSPS) is 11.3. The van der Waals surface area contributed by atoms with E-state index in [1.54, 1.807) is 0 Å². The molecule has 2 amide bonds. The number of unbranched alkanes of at least 4 members (excludes halogenated alkanes) is 2. The van der Waals surface area contributed by atoms with Gasteiger partial charge in [-0.1, -0.05) is 36.4 Å². The molecule has 304 valence electrons. The molecule has 13 nitrogen and oxygen atoms in total. The maximum absolute atomic E-state index is 12.9. The molecule has 0 aromatic heterocycles. The summed E-state index contributed by atoms with van der Waals surface area (Å²) < 4.78 is 6.91. The van der Waals surface area contributed by atoms with Crippen molar-refractivity contribution in [3.63, 3.8) is 0 Å². The molecular weight excluding hydrogens is 996 g/mol. The lowest BCUT2D eigenvalue weighted by Gasteiger charge is -2.26. The average molecular weight is 1040 g/mol. The first-order valence-electron chi connectivity index (χ1n) is 17.9. The van der Waals surface area contributed by atoms with Crippen molar-refractivity contribution >= 4 is 99.3 Å². The Kier molecular flexibility index (Phi) is 18.1. The number of aryl methyl sites for hydroxylation is 2. The van der Waals surface area contributed by atoms with Gasteiger partial charge in [0.2, 0.25) is 0 Å². The van der Waals surface area contributed by atoms with Crippen molar-refractivity contribution in [3.05, 3.63) is 101 Å². The van der Waals surface area contributed by atoms with Crippen LogP contribution in [0.2, 0.25) is 0 Å². The van der Waals surface area contributed by atoms with Crippen LogP contribution in [0.4, 0.5) is 11.4 Å². The Morgan fingerprint density at radius 1 is 0.632 bits per heavy atom. The van der Waals surface area contributed by atoms with Gasteiger partial charge in [0.25, 0.3) is 11.8 Å². The molecule has 4 rings (SSSR count). The van der Waals surface area contributed by atoms with Gasteiger partial charge in [0.1, 0.15) is 31.9 Å². The van der Waals surface area contributed by atoms with E-state index in [4.69, 9.17) is 4.74 Å². The van der Waals surface area contributed by atoms with Crippen molar-refractivity contribution in [3.8, 4) is 23.0 Å². The van der Waals surface area contributed by atoms with Crippen LogP contribution in [0.1, 0.15) is 47.9 Å². The summed E-state index contributed by atoms with van der Waals surface area (Å²) in [5.41, 5.74) is 9.61. The molecule has 0 aliphatic rings. The van der Waals surface area contributed by atoms with Gasteiger partial charge in [-0.05, 0) is 139 Å². The Morgan fingerprint density at radius 2 is 1.02 bits per heavy atom. The summed E-state index contributed by atoms with van der Waals surface area (Å²) in [7, 11) is 0. The molecule has 0 saturated heterocycles. The van der Waals surface area contributed by atoms with E-state index < -0.39 is 0 Å². The predicted molar refractivity (Wildman–Crippen MR) is 238 cm³/mol. The summed E-state index contributed by atoms with van der Waals surface area (Å²) in [6.07, 6.45) is 5.76. The number of halogens is 4. The van der Waals surface area contributed by atoms with E-state index in [-0.39, 0.29) is 56.8 Å². The number of aromatic hydroxyl groups is 4. The predicted octanol–water partition coefficient (Wildman–Crippen LogP) is 8.37. The number of nitrogens with one attached hydrogen (secondary N) is 2. The highest BCUT2D eigenvalue weighted by molar-refractivity contribution is 9.11. The second-order valence-electron chi connectivity index (χ2n) is 12.9. The summed E-state index contributed by atoms with van der Waals surface area (Å²) in [6, 6.07) is 18.7. The number of carbonyl (C=O) groups is 2. The highest BCUT2D eigenvalue weighted by Crippen LogP contribution is 2.41. The van der Waals surface area contributed by atoms with Gasteiger partial charge in [0.05, 0.1) is 34.5 Å². The van der Waals surface area contributed by atoms with Crippen molar-refractivity contribution in [2.45, 2.75) is 39.5 Å². The minimum atomic E-state index is -0.330.